The summed E-state index contributed by atoms with van der Waals surface area (Å²) in [6, 6.07) is 7.87. The molecule has 8 heteroatoms. The summed E-state index contributed by atoms with van der Waals surface area (Å²) >= 11 is 0. The molecule has 1 fully saturated rings. The molecule has 1 aliphatic heterocycles. The van der Waals surface area contributed by atoms with Crippen molar-refractivity contribution >= 4 is 24.3 Å². The fraction of sp³-hybridized carbons (Fsp3) is 0.471. The molecule has 0 spiro atoms. The lowest BCUT2D eigenvalue weighted by Gasteiger charge is -2.31. The molecule has 3 rings (SSSR count). The van der Waals surface area contributed by atoms with Crippen LogP contribution in [0.5, 0.6) is 5.75 Å². The Kier molecular flexibility index (Phi) is 7.21. The Morgan fingerprint density at radius 3 is 2.80 bits per heavy atom. The van der Waals surface area contributed by atoms with Crippen LogP contribution in [0.3, 0.4) is 0 Å². The molecule has 1 saturated heterocycles. The number of aliphatic hydroxyl groups excluding tert-OH is 1. The number of aromatic nitrogens is 3. The van der Waals surface area contributed by atoms with E-state index in [0.717, 1.165) is 37.2 Å². The number of benzene rings is 1. The molecule has 2 N–H and O–H groups in total. The van der Waals surface area contributed by atoms with Crippen molar-refractivity contribution in [1.29, 1.82) is 0 Å². The number of nitrogens with one attached hydrogen (secondary N) is 1. The number of hydrogen-bond acceptors (Lipinski definition) is 7. The van der Waals surface area contributed by atoms with Crippen molar-refractivity contribution < 1.29 is 9.84 Å². The highest BCUT2D eigenvalue weighted by atomic mass is 35.5. The smallest absolute Gasteiger partial charge is 0.230 e. The molecule has 7 nitrogen and oxygen atoms in total. The Bertz CT molecular complexity index is 656. The number of halogens is 1. The van der Waals surface area contributed by atoms with Gasteiger partial charge >= 0.3 is 0 Å². The minimum absolute atomic E-state index is 0. The van der Waals surface area contributed by atoms with E-state index in [1.54, 1.807) is 7.11 Å². The lowest BCUT2D eigenvalue weighted by atomic mass is 9.99. The van der Waals surface area contributed by atoms with Crippen molar-refractivity contribution in [1.82, 2.24) is 15.0 Å². The molecule has 1 aromatic heterocycles. The molecule has 2 aromatic rings. The van der Waals surface area contributed by atoms with E-state index >= 15 is 0 Å². The first-order valence-corrected chi connectivity index (χ1v) is 8.20. The van der Waals surface area contributed by atoms with Crippen LogP contribution in [0.4, 0.5) is 11.9 Å². The molecular weight excluding hydrogens is 342 g/mol. The average Bonchev–Trinajstić information content (AvgIpc) is 2.67. The summed E-state index contributed by atoms with van der Waals surface area (Å²) < 4.78 is 5.16. The summed E-state index contributed by atoms with van der Waals surface area (Å²) in [5.41, 5.74) is 1.12. The van der Waals surface area contributed by atoms with Gasteiger partial charge in [-0.2, -0.15) is 4.98 Å². The van der Waals surface area contributed by atoms with Gasteiger partial charge in [0.25, 0.3) is 0 Å². The predicted octanol–water partition coefficient (Wildman–Crippen LogP) is 2.12. The van der Waals surface area contributed by atoms with Crippen LogP contribution < -0.4 is 15.0 Å². The zero-order valence-electron chi connectivity index (χ0n) is 14.3. The van der Waals surface area contributed by atoms with E-state index in [1.807, 2.05) is 24.3 Å². The molecule has 0 aliphatic carbocycles. The van der Waals surface area contributed by atoms with Crippen LogP contribution in [0.25, 0.3) is 0 Å². The van der Waals surface area contributed by atoms with Gasteiger partial charge in [-0.25, -0.2) is 9.97 Å². The van der Waals surface area contributed by atoms with Gasteiger partial charge in [0, 0.05) is 26.2 Å². The number of methoxy groups -OCH3 is 1. The molecule has 1 atom stereocenters. The first-order valence-electron chi connectivity index (χ1n) is 8.20. The Labute approximate surface area is 153 Å². The molecule has 25 heavy (non-hydrogen) atoms. The van der Waals surface area contributed by atoms with Gasteiger partial charge in [0.2, 0.25) is 11.9 Å². The van der Waals surface area contributed by atoms with E-state index in [-0.39, 0.29) is 19.0 Å². The Balaban J connectivity index is 0.00000225. The topological polar surface area (TPSA) is 83.4 Å². The van der Waals surface area contributed by atoms with Crippen molar-refractivity contribution in [3.05, 3.63) is 36.2 Å². The molecule has 1 aromatic carbocycles. The number of aliphatic hydroxyl groups is 1. The van der Waals surface area contributed by atoms with Gasteiger partial charge in [-0.3, -0.25) is 0 Å². The fourth-order valence-corrected chi connectivity index (χ4v) is 2.85. The van der Waals surface area contributed by atoms with Crippen LogP contribution >= 0.6 is 12.4 Å². The lowest BCUT2D eigenvalue weighted by Crippen LogP contribution is -2.38. The minimum Gasteiger partial charge on any atom is -0.497 e. The van der Waals surface area contributed by atoms with Gasteiger partial charge in [0.05, 0.1) is 7.11 Å². The summed E-state index contributed by atoms with van der Waals surface area (Å²) in [7, 11) is 1.65. The number of piperidine rings is 1. The predicted molar refractivity (Wildman–Crippen MR) is 99.4 cm³/mol. The van der Waals surface area contributed by atoms with Crippen LogP contribution in [0.2, 0.25) is 0 Å². The maximum atomic E-state index is 9.36. The fourth-order valence-electron chi connectivity index (χ4n) is 2.85. The summed E-state index contributed by atoms with van der Waals surface area (Å²) in [5.74, 6) is 2.36. The number of anilines is 2. The van der Waals surface area contributed by atoms with Crippen molar-refractivity contribution in [2.24, 2.45) is 5.92 Å². The van der Waals surface area contributed by atoms with Crippen molar-refractivity contribution in [3.8, 4) is 5.75 Å². The van der Waals surface area contributed by atoms with E-state index in [2.05, 4.69) is 25.2 Å². The first-order chi connectivity index (χ1) is 11.8. The van der Waals surface area contributed by atoms with Gasteiger partial charge in [-0.1, -0.05) is 12.1 Å². The monoisotopic (exact) mass is 365 g/mol. The van der Waals surface area contributed by atoms with Crippen LogP contribution in [-0.2, 0) is 6.54 Å². The maximum Gasteiger partial charge on any atom is 0.230 e. The van der Waals surface area contributed by atoms with Gasteiger partial charge in [0.15, 0.2) is 0 Å². The highest BCUT2D eigenvalue weighted by molar-refractivity contribution is 5.85. The summed E-state index contributed by atoms with van der Waals surface area (Å²) in [6.07, 6.45) is 3.63. The molecule has 0 unspecified atom stereocenters. The largest absolute Gasteiger partial charge is 0.497 e. The van der Waals surface area contributed by atoms with Gasteiger partial charge in [-0.05, 0) is 36.5 Å². The second kappa shape index (κ2) is 9.39. The van der Waals surface area contributed by atoms with Crippen molar-refractivity contribution in [2.75, 3.05) is 37.0 Å². The first kappa shape index (κ1) is 19.2. The molecule has 0 bridgehead atoms. The Hall–Kier alpha value is -2.12. The summed E-state index contributed by atoms with van der Waals surface area (Å²) in [5, 5.41) is 12.6. The zero-order chi connectivity index (χ0) is 16.8. The van der Waals surface area contributed by atoms with Crippen molar-refractivity contribution in [2.45, 2.75) is 19.4 Å². The van der Waals surface area contributed by atoms with Crippen LogP contribution in [0.1, 0.15) is 18.4 Å². The van der Waals surface area contributed by atoms with Crippen LogP contribution in [0.15, 0.2) is 30.6 Å². The van der Waals surface area contributed by atoms with Gasteiger partial charge in [-0.15, -0.1) is 12.4 Å². The number of ether oxygens (including phenoxy) is 1. The maximum absolute atomic E-state index is 9.36. The van der Waals surface area contributed by atoms with E-state index in [1.165, 1.54) is 6.33 Å². The normalized spacial score (nSPS) is 16.9. The molecule has 0 radical (unpaired) electrons. The molecule has 1 aliphatic rings. The molecular formula is C17H24ClN5O2. The molecule has 136 valence electrons. The second-order valence-corrected chi connectivity index (χ2v) is 5.95. The third kappa shape index (κ3) is 5.17. The van der Waals surface area contributed by atoms with Crippen LogP contribution in [-0.4, -0.2) is 46.9 Å². The highest BCUT2D eigenvalue weighted by Gasteiger charge is 2.21. The zero-order valence-corrected chi connectivity index (χ0v) is 15.1. The van der Waals surface area contributed by atoms with E-state index in [9.17, 15) is 5.11 Å². The van der Waals surface area contributed by atoms with Crippen molar-refractivity contribution in [3.63, 3.8) is 0 Å². The molecule has 0 amide bonds. The summed E-state index contributed by atoms with van der Waals surface area (Å²) in [6.45, 7) is 2.55. The minimum atomic E-state index is 0. The van der Waals surface area contributed by atoms with E-state index < -0.39 is 0 Å². The van der Waals surface area contributed by atoms with Crippen LogP contribution in [0, 0.1) is 5.92 Å². The summed E-state index contributed by atoms with van der Waals surface area (Å²) in [4.78, 5) is 15.1. The number of rotatable bonds is 6. The van der Waals surface area contributed by atoms with E-state index in [4.69, 9.17) is 4.74 Å². The quantitative estimate of drug-likeness (QED) is 0.811. The number of hydrogen-bond donors (Lipinski definition) is 2. The molecule has 2 heterocycles. The third-order valence-corrected chi connectivity index (χ3v) is 4.23. The van der Waals surface area contributed by atoms with E-state index in [0.29, 0.717) is 24.4 Å². The van der Waals surface area contributed by atoms with Gasteiger partial charge in [0.1, 0.15) is 12.1 Å². The Morgan fingerprint density at radius 1 is 1.28 bits per heavy atom. The highest BCUT2D eigenvalue weighted by Crippen LogP contribution is 2.20. The second-order valence-electron chi connectivity index (χ2n) is 5.95. The average molecular weight is 366 g/mol. The lowest BCUT2D eigenvalue weighted by molar-refractivity contribution is 0.208. The number of nitrogens with zero attached hydrogens (tertiary/aromatic N) is 4. The van der Waals surface area contributed by atoms with Gasteiger partial charge < -0.3 is 20.1 Å². The standard InChI is InChI=1S/C17H23N5O2.ClH/c1-24-15-6-4-13(5-7-15)9-18-16-19-12-20-17(21-16)22-8-2-3-14(10-22)11-23;/h4-7,12,14,23H,2-3,8-11H2,1H3,(H,18,19,20,21);1H/t14-;/m0./s1. The third-order valence-electron chi connectivity index (χ3n) is 4.23. The SMILES string of the molecule is COc1ccc(CNc2ncnc(N3CCC[C@H](CO)C3)n2)cc1.Cl. The Morgan fingerprint density at radius 2 is 2.08 bits per heavy atom. The molecule has 0 saturated carbocycles.